The molecule has 0 bridgehead atoms. The molecular formula is C20H16N4O2. The molecule has 1 aliphatic rings. The molecule has 0 atom stereocenters. The molecule has 0 fully saturated rings. The first-order valence-corrected chi connectivity index (χ1v) is 8.40. The standard InChI is InChI=1S/C20H16N4O2/c1-11-7-8-14-12(9-11)20(26)22-19-17(16(25)10-24(14)19)18-21-13-5-3-4-6-15(13)23(18)2/h3-9,25H,10H2,1-2H3. The first-order valence-electron chi connectivity index (χ1n) is 8.40. The summed E-state index contributed by atoms with van der Waals surface area (Å²) in [6, 6.07) is 13.5. The van der Waals surface area contributed by atoms with Crippen molar-refractivity contribution in [1.29, 1.82) is 0 Å². The summed E-state index contributed by atoms with van der Waals surface area (Å²) in [6.45, 7) is 2.22. The SMILES string of the molecule is Cc1ccc2c(c1)c(=O)nc1n2CC(O)=C1c1nc2ccccc2n1C. The van der Waals surface area contributed by atoms with Crippen LogP contribution in [0.25, 0.3) is 27.5 Å². The molecule has 2 aromatic heterocycles. The van der Waals surface area contributed by atoms with Crippen LogP contribution in [-0.4, -0.2) is 24.2 Å². The number of nitrogens with zero attached hydrogens (tertiary/aromatic N) is 4. The zero-order valence-electron chi connectivity index (χ0n) is 14.4. The number of aliphatic hydroxyl groups excluding tert-OH is 1. The van der Waals surface area contributed by atoms with Crippen LogP contribution in [0.5, 0.6) is 0 Å². The number of hydrogen-bond acceptors (Lipinski definition) is 4. The van der Waals surface area contributed by atoms with E-state index in [1.54, 1.807) is 0 Å². The molecule has 128 valence electrons. The second-order valence-corrected chi connectivity index (χ2v) is 6.65. The lowest BCUT2D eigenvalue weighted by atomic mass is 10.1. The van der Waals surface area contributed by atoms with E-state index in [1.165, 1.54) is 0 Å². The number of allylic oxidation sites excluding steroid dienone is 1. The minimum absolute atomic E-state index is 0.170. The predicted molar refractivity (Wildman–Crippen MR) is 100 cm³/mol. The fourth-order valence-electron chi connectivity index (χ4n) is 3.69. The minimum Gasteiger partial charge on any atom is -0.509 e. The maximum atomic E-state index is 12.6. The quantitative estimate of drug-likeness (QED) is 0.576. The van der Waals surface area contributed by atoms with Crippen molar-refractivity contribution >= 4 is 27.5 Å². The van der Waals surface area contributed by atoms with Gasteiger partial charge in [0.15, 0.2) is 5.82 Å². The highest BCUT2D eigenvalue weighted by molar-refractivity contribution is 5.88. The van der Waals surface area contributed by atoms with E-state index in [0.717, 1.165) is 22.1 Å². The summed E-state index contributed by atoms with van der Waals surface area (Å²) in [5.74, 6) is 1.24. The summed E-state index contributed by atoms with van der Waals surface area (Å²) in [6.07, 6.45) is 0. The van der Waals surface area contributed by atoms with Gasteiger partial charge in [-0.05, 0) is 31.2 Å². The van der Waals surface area contributed by atoms with Crippen molar-refractivity contribution in [1.82, 2.24) is 19.1 Å². The smallest absolute Gasteiger partial charge is 0.281 e. The highest BCUT2D eigenvalue weighted by atomic mass is 16.3. The van der Waals surface area contributed by atoms with E-state index in [9.17, 15) is 9.90 Å². The molecule has 6 nitrogen and oxygen atoms in total. The highest BCUT2D eigenvalue weighted by Gasteiger charge is 2.29. The number of imidazole rings is 1. The molecule has 5 rings (SSSR count). The summed E-state index contributed by atoms with van der Waals surface area (Å²) in [4.78, 5) is 21.5. The average molecular weight is 344 g/mol. The van der Waals surface area contributed by atoms with Gasteiger partial charge < -0.3 is 14.2 Å². The monoisotopic (exact) mass is 344 g/mol. The molecule has 6 heteroatoms. The first kappa shape index (κ1) is 14.9. The zero-order chi connectivity index (χ0) is 18.0. The van der Waals surface area contributed by atoms with E-state index in [2.05, 4.69) is 9.97 Å². The van der Waals surface area contributed by atoms with Crippen LogP contribution >= 0.6 is 0 Å². The lowest BCUT2D eigenvalue weighted by Crippen LogP contribution is -2.16. The van der Waals surface area contributed by atoms with E-state index < -0.39 is 0 Å². The molecule has 0 spiro atoms. The Kier molecular flexibility index (Phi) is 2.89. The summed E-state index contributed by atoms with van der Waals surface area (Å²) in [5, 5.41) is 11.2. The maximum Gasteiger partial charge on any atom is 0.281 e. The number of fused-ring (bicyclic) bond motifs is 4. The van der Waals surface area contributed by atoms with Crippen LogP contribution in [0.2, 0.25) is 0 Å². The van der Waals surface area contributed by atoms with E-state index in [4.69, 9.17) is 0 Å². The zero-order valence-corrected chi connectivity index (χ0v) is 14.4. The second kappa shape index (κ2) is 5.05. The number of aliphatic hydroxyl groups is 1. The van der Waals surface area contributed by atoms with E-state index >= 15 is 0 Å². The molecule has 0 saturated heterocycles. The molecule has 0 saturated carbocycles. The van der Waals surface area contributed by atoms with Gasteiger partial charge in [-0.1, -0.05) is 23.8 Å². The van der Waals surface area contributed by atoms with E-state index in [1.807, 2.05) is 65.6 Å². The normalized spacial score (nSPS) is 13.8. The summed E-state index contributed by atoms with van der Waals surface area (Å²) >= 11 is 0. The molecule has 0 aliphatic carbocycles. The lowest BCUT2D eigenvalue weighted by Gasteiger charge is -2.10. The van der Waals surface area contributed by atoms with Gasteiger partial charge in [0, 0.05) is 7.05 Å². The van der Waals surface area contributed by atoms with Crippen LogP contribution < -0.4 is 5.56 Å². The molecule has 0 amide bonds. The van der Waals surface area contributed by atoms with Crippen molar-refractivity contribution < 1.29 is 5.11 Å². The fraction of sp³-hybridized carbons (Fsp3) is 0.150. The van der Waals surface area contributed by atoms with Crippen molar-refractivity contribution in [2.75, 3.05) is 0 Å². The molecule has 26 heavy (non-hydrogen) atoms. The molecule has 1 aliphatic heterocycles. The van der Waals surface area contributed by atoms with Gasteiger partial charge in [0.1, 0.15) is 11.6 Å². The van der Waals surface area contributed by atoms with Gasteiger partial charge in [-0.2, -0.15) is 4.98 Å². The summed E-state index contributed by atoms with van der Waals surface area (Å²) in [7, 11) is 1.90. The third-order valence-electron chi connectivity index (χ3n) is 4.97. The minimum atomic E-state index is -0.291. The van der Waals surface area contributed by atoms with Crippen molar-refractivity contribution in [3.05, 3.63) is 75.8 Å². The number of para-hydroxylation sites is 2. The fourth-order valence-corrected chi connectivity index (χ4v) is 3.69. The Balaban J connectivity index is 1.82. The van der Waals surface area contributed by atoms with E-state index in [-0.39, 0.29) is 17.9 Å². The molecule has 3 heterocycles. The van der Waals surface area contributed by atoms with Crippen LogP contribution in [0.15, 0.2) is 53.0 Å². The molecule has 0 unspecified atom stereocenters. The van der Waals surface area contributed by atoms with Gasteiger partial charge >= 0.3 is 0 Å². The number of aromatic nitrogens is 4. The van der Waals surface area contributed by atoms with Gasteiger partial charge in [0.05, 0.1) is 34.1 Å². The number of benzene rings is 2. The molecule has 0 radical (unpaired) electrons. The van der Waals surface area contributed by atoms with Gasteiger partial charge in [-0.15, -0.1) is 0 Å². The molecule has 4 aromatic rings. The average Bonchev–Trinajstić information content (AvgIpc) is 3.12. The molecule has 1 N–H and O–H groups in total. The first-order chi connectivity index (χ1) is 12.5. The van der Waals surface area contributed by atoms with E-state index in [0.29, 0.717) is 22.6 Å². The Morgan fingerprint density at radius 3 is 2.65 bits per heavy atom. The summed E-state index contributed by atoms with van der Waals surface area (Å²) in [5.41, 5.74) is 3.79. The summed E-state index contributed by atoms with van der Waals surface area (Å²) < 4.78 is 3.79. The Hall–Kier alpha value is -3.41. The largest absolute Gasteiger partial charge is 0.509 e. The lowest BCUT2D eigenvalue weighted by molar-refractivity contribution is 0.389. The van der Waals surface area contributed by atoms with Crippen molar-refractivity contribution in [3.8, 4) is 0 Å². The van der Waals surface area contributed by atoms with Gasteiger partial charge in [0.25, 0.3) is 5.56 Å². The molecular weight excluding hydrogens is 328 g/mol. The van der Waals surface area contributed by atoms with Crippen LogP contribution in [0.1, 0.15) is 17.2 Å². The number of rotatable bonds is 1. The third kappa shape index (κ3) is 1.89. The Bertz CT molecular complexity index is 1310. The van der Waals surface area contributed by atoms with Gasteiger partial charge in [-0.3, -0.25) is 4.79 Å². The predicted octanol–water partition coefficient (Wildman–Crippen LogP) is 2.92. The van der Waals surface area contributed by atoms with Crippen molar-refractivity contribution in [3.63, 3.8) is 0 Å². The van der Waals surface area contributed by atoms with Crippen LogP contribution in [0, 0.1) is 6.92 Å². The topological polar surface area (TPSA) is 72.9 Å². The number of hydrogen-bond donors (Lipinski definition) is 1. The van der Waals surface area contributed by atoms with Crippen LogP contribution in [0.4, 0.5) is 0 Å². The Morgan fingerprint density at radius 1 is 1.04 bits per heavy atom. The highest BCUT2D eigenvalue weighted by Crippen LogP contribution is 2.33. The maximum absolute atomic E-state index is 12.6. The Labute approximate surface area is 148 Å². The third-order valence-corrected chi connectivity index (χ3v) is 4.97. The molecule has 2 aromatic carbocycles. The Morgan fingerprint density at radius 2 is 1.85 bits per heavy atom. The van der Waals surface area contributed by atoms with Gasteiger partial charge in [0.2, 0.25) is 0 Å². The van der Waals surface area contributed by atoms with Crippen LogP contribution in [-0.2, 0) is 13.6 Å². The van der Waals surface area contributed by atoms with Crippen LogP contribution in [0.3, 0.4) is 0 Å². The second-order valence-electron chi connectivity index (χ2n) is 6.65. The van der Waals surface area contributed by atoms with Gasteiger partial charge in [-0.25, -0.2) is 4.98 Å². The van der Waals surface area contributed by atoms with Crippen molar-refractivity contribution in [2.45, 2.75) is 13.5 Å². The van der Waals surface area contributed by atoms with Crippen molar-refractivity contribution in [2.24, 2.45) is 7.05 Å². The number of aryl methyl sites for hydroxylation is 2.